The molecule has 0 aromatic carbocycles. The highest BCUT2D eigenvalue weighted by molar-refractivity contribution is 5.24. The Hall–Kier alpha value is -0.830. The molecule has 0 radical (unpaired) electrons. The summed E-state index contributed by atoms with van der Waals surface area (Å²) < 4.78 is 2.17. The molecule has 0 bridgehead atoms. The lowest BCUT2D eigenvalue weighted by atomic mass is 10.1. The Labute approximate surface area is 112 Å². The van der Waals surface area contributed by atoms with Crippen LogP contribution >= 0.6 is 0 Å². The van der Waals surface area contributed by atoms with Crippen molar-refractivity contribution >= 4 is 0 Å². The summed E-state index contributed by atoms with van der Waals surface area (Å²) in [5.74, 6) is 0.651. The van der Waals surface area contributed by atoms with Crippen molar-refractivity contribution in [1.29, 1.82) is 0 Å². The number of rotatable bonds is 7. The van der Waals surface area contributed by atoms with Gasteiger partial charge in [0.25, 0.3) is 0 Å². The summed E-state index contributed by atoms with van der Waals surface area (Å²) in [6, 6.07) is 0.579. The van der Waals surface area contributed by atoms with E-state index in [1.807, 2.05) is 0 Å². The molecule has 18 heavy (non-hydrogen) atoms. The van der Waals surface area contributed by atoms with Gasteiger partial charge in [-0.3, -0.25) is 4.68 Å². The SMILES string of the molecule is Cc1nn(CC(C)C)c(C)c1CCCNC(C)C. The number of nitrogens with one attached hydrogen (secondary N) is 1. The van der Waals surface area contributed by atoms with Gasteiger partial charge in [0, 0.05) is 18.3 Å². The zero-order valence-electron chi connectivity index (χ0n) is 12.9. The Kier molecular flexibility index (Phi) is 5.86. The fourth-order valence-corrected chi connectivity index (χ4v) is 2.28. The van der Waals surface area contributed by atoms with Gasteiger partial charge in [-0.1, -0.05) is 27.7 Å². The number of nitrogens with zero attached hydrogens (tertiary/aromatic N) is 2. The molecule has 1 heterocycles. The van der Waals surface area contributed by atoms with Gasteiger partial charge < -0.3 is 5.32 Å². The standard InChI is InChI=1S/C15H29N3/c1-11(2)10-18-14(6)15(13(5)17-18)8-7-9-16-12(3)4/h11-12,16H,7-10H2,1-6H3. The van der Waals surface area contributed by atoms with Gasteiger partial charge in [-0.2, -0.15) is 5.10 Å². The number of aryl methyl sites for hydroxylation is 1. The van der Waals surface area contributed by atoms with Gasteiger partial charge in [0.1, 0.15) is 0 Å². The molecule has 1 N–H and O–H groups in total. The number of hydrogen-bond donors (Lipinski definition) is 1. The maximum atomic E-state index is 4.66. The van der Waals surface area contributed by atoms with Crippen LogP contribution in [0.5, 0.6) is 0 Å². The summed E-state index contributed by atoms with van der Waals surface area (Å²) >= 11 is 0. The molecule has 0 aliphatic carbocycles. The van der Waals surface area contributed by atoms with E-state index in [1.165, 1.54) is 23.4 Å². The average molecular weight is 251 g/mol. The van der Waals surface area contributed by atoms with Crippen LogP contribution in [0.4, 0.5) is 0 Å². The van der Waals surface area contributed by atoms with Crippen LogP contribution in [0, 0.1) is 19.8 Å². The minimum atomic E-state index is 0.579. The normalized spacial score (nSPS) is 11.8. The number of hydrogen-bond acceptors (Lipinski definition) is 2. The molecule has 1 rings (SSSR count). The molecular weight excluding hydrogens is 222 g/mol. The first-order chi connectivity index (χ1) is 8.41. The quantitative estimate of drug-likeness (QED) is 0.755. The molecule has 0 atom stereocenters. The minimum absolute atomic E-state index is 0.579. The minimum Gasteiger partial charge on any atom is -0.315 e. The lowest BCUT2D eigenvalue weighted by Gasteiger charge is -2.09. The van der Waals surface area contributed by atoms with Gasteiger partial charge in [-0.05, 0) is 44.7 Å². The molecular formula is C15H29N3. The largest absolute Gasteiger partial charge is 0.315 e. The topological polar surface area (TPSA) is 29.9 Å². The van der Waals surface area contributed by atoms with E-state index in [9.17, 15) is 0 Å². The molecule has 0 aliphatic heterocycles. The summed E-state index contributed by atoms with van der Waals surface area (Å²) in [6.45, 7) is 15.3. The van der Waals surface area contributed by atoms with E-state index in [2.05, 4.69) is 56.6 Å². The van der Waals surface area contributed by atoms with Crippen molar-refractivity contribution in [2.75, 3.05) is 6.54 Å². The van der Waals surface area contributed by atoms with E-state index < -0.39 is 0 Å². The van der Waals surface area contributed by atoms with Crippen LogP contribution < -0.4 is 5.32 Å². The molecule has 0 unspecified atom stereocenters. The van der Waals surface area contributed by atoms with Crippen LogP contribution in [0.2, 0.25) is 0 Å². The highest BCUT2D eigenvalue weighted by Gasteiger charge is 2.11. The molecule has 1 aromatic heterocycles. The third-order valence-electron chi connectivity index (χ3n) is 3.23. The first-order valence-corrected chi connectivity index (χ1v) is 7.18. The molecule has 0 aliphatic rings. The monoisotopic (exact) mass is 251 g/mol. The lowest BCUT2D eigenvalue weighted by Crippen LogP contribution is -2.24. The highest BCUT2D eigenvalue weighted by atomic mass is 15.3. The van der Waals surface area contributed by atoms with Gasteiger partial charge in [0.15, 0.2) is 0 Å². The van der Waals surface area contributed by atoms with Crippen molar-refractivity contribution in [2.45, 2.75) is 67.0 Å². The molecule has 0 saturated carbocycles. The van der Waals surface area contributed by atoms with Crippen molar-refractivity contribution in [3.05, 3.63) is 17.0 Å². The first kappa shape index (κ1) is 15.2. The fraction of sp³-hybridized carbons (Fsp3) is 0.800. The fourth-order valence-electron chi connectivity index (χ4n) is 2.28. The zero-order chi connectivity index (χ0) is 13.7. The predicted octanol–water partition coefficient (Wildman–Crippen LogP) is 3.09. The highest BCUT2D eigenvalue weighted by Crippen LogP contribution is 2.16. The van der Waals surface area contributed by atoms with Gasteiger partial charge in [-0.15, -0.1) is 0 Å². The molecule has 0 spiro atoms. The molecule has 104 valence electrons. The van der Waals surface area contributed by atoms with E-state index in [0.29, 0.717) is 12.0 Å². The molecule has 0 saturated heterocycles. The summed E-state index contributed by atoms with van der Waals surface area (Å²) in [7, 11) is 0. The van der Waals surface area contributed by atoms with E-state index in [4.69, 9.17) is 0 Å². The summed E-state index contributed by atoms with van der Waals surface area (Å²) in [4.78, 5) is 0. The van der Waals surface area contributed by atoms with Crippen molar-refractivity contribution < 1.29 is 0 Å². The Bertz CT molecular complexity index is 364. The van der Waals surface area contributed by atoms with E-state index in [1.54, 1.807) is 0 Å². The molecule has 3 nitrogen and oxygen atoms in total. The van der Waals surface area contributed by atoms with Crippen molar-refractivity contribution in [3.63, 3.8) is 0 Å². The van der Waals surface area contributed by atoms with Crippen LogP contribution in [-0.2, 0) is 13.0 Å². The average Bonchev–Trinajstić information content (AvgIpc) is 2.49. The van der Waals surface area contributed by atoms with Gasteiger partial charge >= 0.3 is 0 Å². The molecule has 3 heteroatoms. The first-order valence-electron chi connectivity index (χ1n) is 7.18. The summed E-state index contributed by atoms with van der Waals surface area (Å²) in [6.07, 6.45) is 2.32. The smallest absolute Gasteiger partial charge is 0.0628 e. The maximum absolute atomic E-state index is 4.66. The van der Waals surface area contributed by atoms with Crippen molar-refractivity contribution in [2.24, 2.45) is 5.92 Å². The second kappa shape index (κ2) is 6.93. The third-order valence-corrected chi connectivity index (χ3v) is 3.23. The van der Waals surface area contributed by atoms with Crippen LogP contribution in [0.3, 0.4) is 0 Å². The van der Waals surface area contributed by atoms with E-state index in [0.717, 1.165) is 19.5 Å². The summed E-state index contributed by atoms with van der Waals surface area (Å²) in [5.41, 5.74) is 4.00. The van der Waals surface area contributed by atoms with Crippen LogP contribution in [0.1, 0.15) is 51.1 Å². The molecule has 0 fully saturated rings. The Balaban J connectivity index is 2.57. The zero-order valence-corrected chi connectivity index (χ0v) is 12.9. The number of aromatic nitrogens is 2. The van der Waals surface area contributed by atoms with E-state index in [-0.39, 0.29) is 0 Å². The van der Waals surface area contributed by atoms with Crippen LogP contribution in [-0.4, -0.2) is 22.4 Å². The van der Waals surface area contributed by atoms with Crippen molar-refractivity contribution in [3.8, 4) is 0 Å². The molecule has 0 amide bonds. The van der Waals surface area contributed by atoms with Crippen LogP contribution in [0.25, 0.3) is 0 Å². The Morgan fingerprint density at radius 2 is 1.83 bits per heavy atom. The van der Waals surface area contributed by atoms with Gasteiger partial charge in [-0.25, -0.2) is 0 Å². The van der Waals surface area contributed by atoms with Gasteiger partial charge in [0.2, 0.25) is 0 Å². The maximum Gasteiger partial charge on any atom is 0.0628 e. The van der Waals surface area contributed by atoms with Gasteiger partial charge in [0.05, 0.1) is 5.69 Å². The molecule has 1 aromatic rings. The predicted molar refractivity (Wildman–Crippen MR) is 78.0 cm³/mol. The summed E-state index contributed by atoms with van der Waals surface area (Å²) in [5, 5.41) is 8.13. The Morgan fingerprint density at radius 1 is 1.17 bits per heavy atom. The van der Waals surface area contributed by atoms with E-state index >= 15 is 0 Å². The lowest BCUT2D eigenvalue weighted by molar-refractivity contribution is 0.472. The second-order valence-electron chi connectivity index (χ2n) is 5.94. The third kappa shape index (κ3) is 4.45. The second-order valence-corrected chi connectivity index (χ2v) is 5.94. The van der Waals surface area contributed by atoms with Crippen molar-refractivity contribution in [1.82, 2.24) is 15.1 Å². The van der Waals surface area contributed by atoms with Crippen LogP contribution in [0.15, 0.2) is 0 Å². The Morgan fingerprint density at radius 3 is 2.39 bits per heavy atom.